The van der Waals surface area contributed by atoms with Gasteiger partial charge in [-0.1, -0.05) is 40.5 Å². The highest BCUT2D eigenvalue weighted by Gasteiger charge is 2.63. The Hall–Kier alpha value is -2.71. The summed E-state index contributed by atoms with van der Waals surface area (Å²) in [6.07, 6.45) is -3.70. The first-order valence-electron chi connectivity index (χ1n) is 10.1. The molecule has 174 valence electrons. The van der Waals surface area contributed by atoms with E-state index in [1.54, 1.807) is 17.0 Å². The first-order valence-corrected chi connectivity index (χ1v) is 10.8. The normalized spacial score (nSPS) is 19.7. The Morgan fingerprint density at radius 1 is 1.21 bits per heavy atom. The van der Waals surface area contributed by atoms with E-state index in [0.29, 0.717) is 25.2 Å². The van der Waals surface area contributed by atoms with Crippen molar-refractivity contribution >= 4 is 34.9 Å². The van der Waals surface area contributed by atoms with Crippen LogP contribution in [0.3, 0.4) is 0 Å². The topological polar surface area (TPSA) is 53.9 Å². The minimum Gasteiger partial charge on any atom is -0.372 e. The average Bonchev–Trinajstić information content (AvgIpc) is 3.35. The zero-order valence-corrected chi connectivity index (χ0v) is 19.1. The van der Waals surface area contributed by atoms with Crippen molar-refractivity contribution in [1.82, 2.24) is 10.2 Å². The Morgan fingerprint density at radius 3 is 2.45 bits per heavy atom. The van der Waals surface area contributed by atoms with E-state index in [1.165, 1.54) is 18.2 Å². The molecule has 0 saturated heterocycles. The summed E-state index contributed by atoms with van der Waals surface area (Å²) in [5, 5.41) is 6.71. The Morgan fingerprint density at radius 2 is 1.85 bits per heavy atom. The molecule has 2 aliphatic rings. The summed E-state index contributed by atoms with van der Waals surface area (Å²) < 4.78 is 42.7. The van der Waals surface area contributed by atoms with Crippen LogP contribution in [0.2, 0.25) is 10.0 Å². The molecule has 0 radical (unpaired) electrons. The van der Waals surface area contributed by atoms with Gasteiger partial charge in [-0.05, 0) is 47.9 Å². The van der Waals surface area contributed by atoms with Crippen LogP contribution < -0.4 is 5.32 Å². The lowest BCUT2D eigenvalue weighted by atomic mass is 9.89. The van der Waals surface area contributed by atoms with Gasteiger partial charge in [-0.15, -0.1) is 6.58 Å². The number of oxime groups is 1. The molecule has 1 N–H and O–H groups in total. The first-order chi connectivity index (χ1) is 15.5. The number of amides is 1. The predicted molar refractivity (Wildman–Crippen MR) is 120 cm³/mol. The van der Waals surface area contributed by atoms with Crippen molar-refractivity contribution in [3.8, 4) is 0 Å². The number of aryl methyl sites for hydroxylation is 1. The van der Waals surface area contributed by atoms with Gasteiger partial charge in [-0.25, -0.2) is 0 Å². The molecule has 0 saturated carbocycles. The summed E-state index contributed by atoms with van der Waals surface area (Å²) in [7, 11) is 0. The van der Waals surface area contributed by atoms with Gasteiger partial charge in [-0.3, -0.25) is 4.79 Å². The summed E-state index contributed by atoms with van der Waals surface area (Å²) in [6, 6.07) is 7.39. The second-order valence-corrected chi connectivity index (χ2v) is 8.92. The number of halogens is 5. The average molecular weight is 498 g/mol. The van der Waals surface area contributed by atoms with Gasteiger partial charge in [0, 0.05) is 40.8 Å². The van der Waals surface area contributed by atoms with E-state index in [4.69, 9.17) is 28.0 Å². The van der Waals surface area contributed by atoms with Gasteiger partial charge < -0.3 is 15.1 Å². The predicted octanol–water partition coefficient (Wildman–Crippen LogP) is 5.72. The maximum absolute atomic E-state index is 14.2. The number of hydrogen-bond donors (Lipinski definition) is 1. The van der Waals surface area contributed by atoms with E-state index in [2.05, 4.69) is 17.1 Å². The standard InChI is InChI=1S/C23H20Cl2F3N3O2/c1-3-4-29-21(32)19-6-15-12-31(11-14(15)5-13(19)2)20-10-22(33-30-20,23(26,27)28)16-7-17(24)9-18(25)8-16/h3,5-9H,1,4,10-12H2,2H3,(H,29,32). The van der Waals surface area contributed by atoms with Crippen LogP contribution in [0.15, 0.2) is 48.1 Å². The van der Waals surface area contributed by atoms with Gasteiger partial charge in [0.25, 0.3) is 11.5 Å². The molecule has 0 bridgehead atoms. The lowest BCUT2D eigenvalue weighted by Crippen LogP contribution is -2.43. The SMILES string of the molecule is C=CCNC(=O)c1cc2c(cc1C)CN(C1=NOC(c3cc(Cl)cc(Cl)c3)(C(F)(F)F)C1)C2. The van der Waals surface area contributed by atoms with E-state index in [0.717, 1.165) is 16.7 Å². The fraction of sp³-hybridized carbons (Fsp3) is 0.304. The van der Waals surface area contributed by atoms with Gasteiger partial charge in [-0.2, -0.15) is 13.2 Å². The van der Waals surface area contributed by atoms with Crippen molar-refractivity contribution < 1.29 is 22.8 Å². The Labute approximate surface area is 198 Å². The van der Waals surface area contributed by atoms with Crippen LogP contribution >= 0.6 is 23.2 Å². The van der Waals surface area contributed by atoms with Crippen LogP contribution in [0, 0.1) is 6.92 Å². The fourth-order valence-electron chi connectivity index (χ4n) is 4.11. The maximum atomic E-state index is 14.2. The van der Waals surface area contributed by atoms with Gasteiger partial charge in [0.1, 0.15) is 5.84 Å². The van der Waals surface area contributed by atoms with E-state index in [9.17, 15) is 18.0 Å². The molecule has 2 aromatic rings. The van der Waals surface area contributed by atoms with E-state index in [1.807, 2.05) is 13.0 Å². The molecule has 2 aliphatic heterocycles. The number of fused-ring (bicyclic) bond motifs is 1. The molecule has 0 aliphatic carbocycles. The molecule has 0 spiro atoms. The number of rotatable bonds is 4. The second kappa shape index (κ2) is 8.57. The fourth-order valence-corrected chi connectivity index (χ4v) is 4.63. The zero-order chi connectivity index (χ0) is 24.0. The van der Waals surface area contributed by atoms with E-state index < -0.39 is 18.2 Å². The zero-order valence-electron chi connectivity index (χ0n) is 17.6. The Kier molecular flexibility index (Phi) is 6.09. The number of carbonyl (C=O) groups excluding carboxylic acids is 1. The molecule has 1 amide bonds. The number of amidine groups is 1. The third-order valence-corrected chi connectivity index (χ3v) is 6.22. The maximum Gasteiger partial charge on any atom is 0.435 e. The number of nitrogens with one attached hydrogen (secondary N) is 1. The molecule has 10 heteroatoms. The lowest BCUT2D eigenvalue weighted by molar-refractivity contribution is -0.275. The minimum absolute atomic E-state index is 0.0736. The number of benzene rings is 2. The molecule has 2 aromatic carbocycles. The van der Waals surface area contributed by atoms with Crippen LogP contribution in [0.25, 0.3) is 0 Å². The van der Waals surface area contributed by atoms with Gasteiger partial charge in [0.05, 0.1) is 6.42 Å². The lowest BCUT2D eigenvalue weighted by Gasteiger charge is -2.30. The molecule has 1 atom stereocenters. The first kappa shape index (κ1) is 23.4. The monoisotopic (exact) mass is 497 g/mol. The largest absolute Gasteiger partial charge is 0.435 e. The van der Waals surface area contributed by atoms with Crippen molar-refractivity contribution in [3.05, 3.63) is 80.8 Å². The Balaban J connectivity index is 1.59. The summed E-state index contributed by atoms with van der Waals surface area (Å²) in [6.45, 7) is 6.40. The van der Waals surface area contributed by atoms with E-state index >= 15 is 0 Å². The quantitative estimate of drug-likeness (QED) is 0.549. The molecular weight excluding hydrogens is 478 g/mol. The highest BCUT2D eigenvalue weighted by Crippen LogP contribution is 2.50. The Bertz CT molecular complexity index is 1150. The number of hydrogen-bond acceptors (Lipinski definition) is 4. The summed E-state index contributed by atoms with van der Waals surface area (Å²) >= 11 is 11.9. The summed E-state index contributed by atoms with van der Waals surface area (Å²) in [5.41, 5.74) is 0.172. The highest BCUT2D eigenvalue weighted by atomic mass is 35.5. The van der Waals surface area contributed by atoms with Crippen LogP contribution in [-0.4, -0.2) is 29.4 Å². The molecule has 0 fully saturated rings. The van der Waals surface area contributed by atoms with E-state index in [-0.39, 0.29) is 27.4 Å². The number of nitrogens with zero attached hydrogens (tertiary/aromatic N) is 2. The molecule has 2 heterocycles. The molecule has 33 heavy (non-hydrogen) atoms. The van der Waals surface area contributed by atoms with Crippen LogP contribution in [-0.2, 0) is 23.5 Å². The summed E-state index contributed by atoms with van der Waals surface area (Å²) in [5.74, 6) is -0.0703. The second-order valence-electron chi connectivity index (χ2n) is 8.05. The minimum atomic E-state index is -4.76. The van der Waals surface area contributed by atoms with Crippen LogP contribution in [0.1, 0.15) is 39.0 Å². The smallest absolute Gasteiger partial charge is 0.372 e. The third-order valence-electron chi connectivity index (χ3n) is 5.79. The highest BCUT2D eigenvalue weighted by molar-refractivity contribution is 6.34. The van der Waals surface area contributed by atoms with Gasteiger partial charge >= 0.3 is 6.18 Å². The van der Waals surface area contributed by atoms with Gasteiger partial charge in [0.2, 0.25) is 0 Å². The summed E-state index contributed by atoms with van der Waals surface area (Å²) in [4.78, 5) is 19.2. The van der Waals surface area contributed by atoms with Crippen molar-refractivity contribution in [2.24, 2.45) is 5.16 Å². The van der Waals surface area contributed by atoms with Crippen molar-refractivity contribution in [2.45, 2.75) is 38.2 Å². The van der Waals surface area contributed by atoms with Gasteiger partial charge in [0.15, 0.2) is 0 Å². The third kappa shape index (κ3) is 4.29. The molecule has 4 rings (SSSR count). The van der Waals surface area contributed by atoms with Crippen molar-refractivity contribution in [2.75, 3.05) is 6.54 Å². The number of alkyl halides is 3. The molecule has 5 nitrogen and oxygen atoms in total. The number of carbonyl (C=O) groups is 1. The van der Waals surface area contributed by atoms with Crippen LogP contribution in [0.5, 0.6) is 0 Å². The molecule has 0 aromatic heterocycles. The molecule has 1 unspecified atom stereocenters. The van der Waals surface area contributed by atoms with Crippen LogP contribution in [0.4, 0.5) is 13.2 Å². The molecular formula is C23H20Cl2F3N3O2. The van der Waals surface area contributed by atoms with Crippen molar-refractivity contribution in [1.29, 1.82) is 0 Å². The van der Waals surface area contributed by atoms with Crippen molar-refractivity contribution in [3.63, 3.8) is 0 Å².